The maximum absolute atomic E-state index is 11.9. The SMILES string of the molecule is CC(C)OC(=O)NS(=O)(=O)N(CCBr)C1CC1. The molecule has 0 unspecified atom stereocenters. The van der Waals surface area contributed by atoms with E-state index in [0.29, 0.717) is 11.9 Å². The second-order valence-electron chi connectivity index (χ2n) is 4.09. The second kappa shape index (κ2) is 6.01. The topological polar surface area (TPSA) is 75.7 Å². The summed E-state index contributed by atoms with van der Waals surface area (Å²) in [6.07, 6.45) is 0.399. The van der Waals surface area contributed by atoms with Crippen molar-refractivity contribution in [2.45, 2.75) is 38.8 Å². The molecule has 1 amide bonds. The number of amides is 1. The van der Waals surface area contributed by atoms with E-state index in [9.17, 15) is 13.2 Å². The van der Waals surface area contributed by atoms with Crippen LogP contribution in [0.25, 0.3) is 0 Å². The highest BCUT2D eigenvalue weighted by molar-refractivity contribution is 9.09. The first-order valence-electron chi connectivity index (χ1n) is 5.43. The highest BCUT2D eigenvalue weighted by Crippen LogP contribution is 2.28. The fraction of sp³-hybridized carbons (Fsp3) is 0.889. The molecule has 100 valence electrons. The van der Waals surface area contributed by atoms with Gasteiger partial charge in [0.05, 0.1) is 6.10 Å². The number of alkyl halides is 1. The van der Waals surface area contributed by atoms with Gasteiger partial charge < -0.3 is 4.74 Å². The minimum absolute atomic E-state index is 0.0110. The standard InChI is InChI=1S/C9H17BrN2O4S/c1-7(2)16-9(13)11-17(14,15)12(6-5-10)8-3-4-8/h7-8H,3-6H2,1-2H3,(H,11,13). The van der Waals surface area contributed by atoms with Crippen LogP contribution in [0.5, 0.6) is 0 Å². The molecule has 0 atom stereocenters. The minimum atomic E-state index is -3.79. The van der Waals surface area contributed by atoms with E-state index in [4.69, 9.17) is 4.74 Å². The molecular formula is C9H17BrN2O4S. The van der Waals surface area contributed by atoms with Crippen LogP contribution in [-0.2, 0) is 14.9 Å². The van der Waals surface area contributed by atoms with E-state index < -0.39 is 16.3 Å². The molecular weight excluding hydrogens is 312 g/mol. The van der Waals surface area contributed by atoms with Gasteiger partial charge in [-0.25, -0.2) is 9.52 Å². The molecule has 0 saturated heterocycles. The number of carbonyl (C=O) groups is 1. The lowest BCUT2D eigenvalue weighted by molar-refractivity contribution is 0.121. The fourth-order valence-corrected chi connectivity index (χ4v) is 3.27. The Kier molecular flexibility index (Phi) is 5.21. The molecule has 17 heavy (non-hydrogen) atoms. The zero-order chi connectivity index (χ0) is 13.1. The lowest BCUT2D eigenvalue weighted by atomic mass is 10.5. The third kappa shape index (κ3) is 4.81. The van der Waals surface area contributed by atoms with Crippen LogP contribution in [-0.4, -0.2) is 42.8 Å². The Morgan fingerprint density at radius 2 is 2.12 bits per heavy atom. The molecule has 0 radical (unpaired) electrons. The zero-order valence-electron chi connectivity index (χ0n) is 9.85. The first kappa shape index (κ1) is 14.7. The molecule has 0 aromatic heterocycles. The Bertz CT molecular complexity index is 367. The number of halogens is 1. The van der Waals surface area contributed by atoms with E-state index in [2.05, 4.69) is 15.9 Å². The highest BCUT2D eigenvalue weighted by Gasteiger charge is 2.37. The normalized spacial score (nSPS) is 16.3. The number of rotatable bonds is 6. The van der Waals surface area contributed by atoms with Crippen molar-refractivity contribution in [3.63, 3.8) is 0 Å². The van der Waals surface area contributed by atoms with Crippen LogP contribution in [0.1, 0.15) is 26.7 Å². The van der Waals surface area contributed by atoms with Crippen LogP contribution in [0.2, 0.25) is 0 Å². The summed E-state index contributed by atoms with van der Waals surface area (Å²) in [5.74, 6) is 0. The van der Waals surface area contributed by atoms with Gasteiger partial charge in [0.25, 0.3) is 0 Å². The van der Waals surface area contributed by atoms with Crippen LogP contribution in [0.15, 0.2) is 0 Å². The summed E-state index contributed by atoms with van der Waals surface area (Å²) >= 11 is 3.20. The van der Waals surface area contributed by atoms with E-state index >= 15 is 0 Å². The molecule has 0 bridgehead atoms. The predicted octanol–water partition coefficient (Wildman–Crippen LogP) is 1.23. The number of hydrogen-bond acceptors (Lipinski definition) is 4. The third-order valence-corrected chi connectivity index (χ3v) is 4.00. The number of carbonyl (C=O) groups excluding carboxylic acids is 1. The highest BCUT2D eigenvalue weighted by atomic mass is 79.9. The number of hydrogen-bond donors (Lipinski definition) is 1. The van der Waals surface area contributed by atoms with E-state index in [1.54, 1.807) is 13.8 Å². The molecule has 0 aliphatic heterocycles. The maximum Gasteiger partial charge on any atom is 0.422 e. The summed E-state index contributed by atoms with van der Waals surface area (Å²) in [6, 6.07) is 0.0110. The molecule has 0 aromatic rings. The number of nitrogens with one attached hydrogen (secondary N) is 1. The van der Waals surface area contributed by atoms with Gasteiger partial charge in [-0.15, -0.1) is 0 Å². The van der Waals surface area contributed by atoms with Crippen molar-refractivity contribution < 1.29 is 17.9 Å². The summed E-state index contributed by atoms with van der Waals surface area (Å²) in [4.78, 5) is 11.3. The molecule has 8 heteroatoms. The van der Waals surface area contributed by atoms with Gasteiger partial charge in [0.1, 0.15) is 0 Å². The number of ether oxygens (including phenoxy) is 1. The number of nitrogens with zero attached hydrogens (tertiary/aromatic N) is 1. The van der Waals surface area contributed by atoms with Gasteiger partial charge in [-0.2, -0.15) is 12.7 Å². The van der Waals surface area contributed by atoms with E-state index in [0.717, 1.165) is 12.8 Å². The monoisotopic (exact) mass is 328 g/mol. The van der Waals surface area contributed by atoms with Gasteiger partial charge in [0, 0.05) is 17.9 Å². The van der Waals surface area contributed by atoms with Crippen LogP contribution < -0.4 is 4.72 Å². The Labute approximate surface area is 110 Å². The van der Waals surface area contributed by atoms with Crippen LogP contribution in [0.4, 0.5) is 4.79 Å². The molecule has 1 N–H and O–H groups in total. The van der Waals surface area contributed by atoms with Crippen molar-refractivity contribution in [3.8, 4) is 0 Å². The molecule has 1 aliphatic rings. The van der Waals surface area contributed by atoms with Crippen LogP contribution >= 0.6 is 15.9 Å². The van der Waals surface area contributed by atoms with Crippen LogP contribution in [0, 0.1) is 0 Å². The van der Waals surface area contributed by atoms with Gasteiger partial charge in [0.15, 0.2) is 0 Å². The largest absolute Gasteiger partial charge is 0.446 e. The zero-order valence-corrected chi connectivity index (χ0v) is 12.3. The Morgan fingerprint density at radius 3 is 2.53 bits per heavy atom. The molecule has 0 aromatic carbocycles. The molecule has 1 rings (SSSR count). The Morgan fingerprint density at radius 1 is 1.53 bits per heavy atom. The summed E-state index contributed by atoms with van der Waals surface area (Å²) in [7, 11) is -3.79. The third-order valence-electron chi connectivity index (χ3n) is 2.12. The molecule has 6 nitrogen and oxygen atoms in total. The molecule has 0 spiro atoms. The molecule has 1 aliphatic carbocycles. The van der Waals surface area contributed by atoms with Gasteiger partial charge >= 0.3 is 16.3 Å². The summed E-state index contributed by atoms with van der Waals surface area (Å²) < 4.78 is 31.7. The van der Waals surface area contributed by atoms with Crippen molar-refractivity contribution in [1.29, 1.82) is 0 Å². The molecule has 1 fully saturated rings. The summed E-state index contributed by atoms with van der Waals surface area (Å²) in [5, 5.41) is 0.531. The van der Waals surface area contributed by atoms with Crippen molar-refractivity contribution in [2.75, 3.05) is 11.9 Å². The maximum atomic E-state index is 11.9. The lowest BCUT2D eigenvalue weighted by Crippen LogP contribution is -2.46. The quantitative estimate of drug-likeness (QED) is 0.744. The first-order chi connectivity index (χ1) is 7.86. The summed E-state index contributed by atoms with van der Waals surface area (Å²) in [5.41, 5.74) is 0. The van der Waals surface area contributed by atoms with E-state index in [1.807, 2.05) is 4.72 Å². The Hall–Kier alpha value is -0.340. The molecule has 0 heterocycles. The average Bonchev–Trinajstić information content (AvgIpc) is 2.94. The first-order valence-corrected chi connectivity index (χ1v) is 7.99. The van der Waals surface area contributed by atoms with Crippen LogP contribution in [0.3, 0.4) is 0 Å². The smallest absolute Gasteiger partial charge is 0.422 e. The second-order valence-corrected chi connectivity index (χ2v) is 6.51. The van der Waals surface area contributed by atoms with Crippen molar-refractivity contribution in [3.05, 3.63) is 0 Å². The van der Waals surface area contributed by atoms with Crippen molar-refractivity contribution in [2.24, 2.45) is 0 Å². The Balaban J connectivity index is 2.62. The van der Waals surface area contributed by atoms with E-state index in [-0.39, 0.29) is 12.1 Å². The van der Waals surface area contributed by atoms with E-state index in [1.165, 1.54) is 4.31 Å². The predicted molar refractivity (Wildman–Crippen MR) is 67.2 cm³/mol. The molecule has 1 saturated carbocycles. The van der Waals surface area contributed by atoms with Gasteiger partial charge in [0.2, 0.25) is 0 Å². The fourth-order valence-electron chi connectivity index (χ4n) is 1.35. The lowest BCUT2D eigenvalue weighted by Gasteiger charge is -2.21. The average molecular weight is 329 g/mol. The van der Waals surface area contributed by atoms with Gasteiger partial charge in [-0.1, -0.05) is 15.9 Å². The minimum Gasteiger partial charge on any atom is -0.446 e. The summed E-state index contributed by atoms with van der Waals surface area (Å²) in [6.45, 7) is 3.65. The van der Waals surface area contributed by atoms with Crippen molar-refractivity contribution in [1.82, 2.24) is 9.03 Å². The van der Waals surface area contributed by atoms with Gasteiger partial charge in [-0.3, -0.25) is 0 Å². The van der Waals surface area contributed by atoms with Crippen molar-refractivity contribution >= 4 is 32.2 Å². The van der Waals surface area contributed by atoms with Gasteiger partial charge in [-0.05, 0) is 26.7 Å².